The van der Waals surface area contributed by atoms with E-state index < -0.39 is 0 Å². The van der Waals surface area contributed by atoms with Crippen molar-refractivity contribution in [3.63, 3.8) is 0 Å². The lowest BCUT2D eigenvalue weighted by atomic mass is 10.0. The molecule has 0 amide bonds. The van der Waals surface area contributed by atoms with Crippen molar-refractivity contribution in [2.75, 3.05) is 0 Å². The molecule has 0 saturated carbocycles. The van der Waals surface area contributed by atoms with Gasteiger partial charge < -0.3 is 0 Å². The van der Waals surface area contributed by atoms with Gasteiger partial charge in [0.05, 0.1) is 22.1 Å². The Labute approximate surface area is 248 Å². The summed E-state index contributed by atoms with van der Waals surface area (Å²) >= 11 is 0. The number of hydrogen-bond acceptors (Lipinski definition) is 2. The third-order valence-corrected chi connectivity index (χ3v) is 8.55. The first kappa shape index (κ1) is 23.9. The SMILES string of the molecule is c1ccc(-c2ccc(-c3nc4ccccc4nc3-n3c4cc5ccccc5cc4c4c5ccccc5ccc43)cc2)cc1. The maximum Gasteiger partial charge on any atom is 0.165 e. The maximum absolute atomic E-state index is 5.34. The zero-order valence-corrected chi connectivity index (χ0v) is 23.3. The second-order valence-electron chi connectivity index (χ2n) is 11.1. The second kappa shape index (κ2) is 9.37. The summed E-state index contributed by atoms with van der Waals surface area (Å²) < 4.78 is 2.32. The van der Waals surface area contributed by atoms with Crippen molar-refractivity contribution < 1.29 is 0 Å². The van der Waals surface area contributed by atoms with E-state index in [0.717, 1.165) is 39.1 Å². The van der Waals surface area contributed by atoms with Crippen molar-refractivity contribution >= 4 is 54.4 Å². The van der Waals surface area contributed by atoms with Crippen LogP contribution in [0.5, 0.6) is 0 Å². The summed E-state index contributed by atoms with van der Waals surface area (Å²) in [5.41, 5.74) is 8.26. The number of benzene rings is 7. The molecule has 0 unspecified atom stereocenters. The summed E-state index contributed by atoms with van der Waals surface area (Å²) in [6.45, 7) is 0. The lowest BCUT2D eigenvalue weighted by Gasteiger charge is -2.14. The molecule has 200 valence electrons. The van der Waals surface area contributed by atoms with E-state index in [1.165, 1.54) is 43.4 Å². The van der Waals surface area contributed by atoms with Crippen LogP contribution in [0.25, 0.3) is 82.6 Å². The highest BCUT2D eigenvalue weighted by Gasteiger charge is 2.21. The molecular weight excluding hydrogens is 522 g/mol. The topological polar surface area (TPSA) is 30.7 Å². The van der Waals surface area contributed by atoms with Crippen LogP contribution in [0.15, 0.2) is 152 Å². The van der Waals surface area contributed by atoms with Crippen LogP contribution in [0.1, 0.15) is 0 Å². The van der Waals surface area contributed by atoms with E-state index in [4.69, 9.17) is 9.97 Å². The third kappa shape index (κ3) is 3.75. The number of hydrogen-bond donors (Lipinski definition) is 0. The number of rotatable bonds is 3. The standard InChI is InChI=1S/C40H25N3/c1-2-10-26(11-3-1)27-18-20-29(21-19-27)39-40(42-35-17-9-8-16-34(35)41-39)43-36-23-22-28-12-6-7-15-32(28)38(36)33-24-30-13-4-5-14-31(30)25-37(33)43/h1-25H. The molecule has 0 aliphatic carbocycles. The summed E-state index contributed by atoms with van der Waals surface area (Å²) in [4.78, 5) is 10.6. The van der Waals surface area contributed by atoms with E-state index in [-0.39, 0.29) is 0 Å². The van der Waals surface area contributed by atoms with Gasteiger partial charge in [-0.2, -0.15) is 0 Å². The number of aromatic nitrogens is 3. The molecule has 3 heteroatoms. The Morgan fingerprint density at radius 1 is 0.395 bits per heavy atom. The van der Waals surface area contributed by atoms with E-state index in [1.807, 2.05) is 30.3 Å². The molecule has 0 saturated heterocycles. The zero-order chi connectivity index (χ0) is 28.3. The first-order valence-electron chi connectivity index (χ1n) is 14.6. The molecule has 3 nitrogen and oxygen atoms in total. The van der Waals surface area contributed by atoms with Crippen molar-refractivity contribution in [2.24, 2.45) is 0 Å². The van der Waals surface area contributed by atoms with Gasteiger partial charge in [0.25, 0.3) is 0 Å². The van der Waals surface area contributed by atoms with Crippen molar-refractivity contribution in [3.05, 3.63) is 152 Å². The van der Waals surface area contributed by atoms with Crippen LogP contribution in [-0.4, -0.2) is 14.5 Å². The van der Waals surface area contributed by atoms with E-state index in [0.29, 0.717) is 0 Å². The highest BCUT2D eigenvalue weighted by Crippen LogP contribution is 2.40. The van der Waals surface area contributed by atoms with Gasteiger partial charge in [0.1, 0.15) is 5.69 Å². The predicted octanol–water partition coefficient (Wildman–Crippen LogP) is 10.4. The molecular formula is C40H25N3. The second-order valence-corrected chi connectivity index (χ2v) is 11.1. The molecule has 2 aromatic heterocycles. The van der Waals surface area contributed by atoms with E-state index in [9.17, 15) is 0 Å². The van der Waals surface area contributed by atoms with Gasteiger partial charge in [-0.1, -0.05) is 121 Å². The predicted molar refractivity (Wildman–Crippen MR) is 180 cm³/mol. The van der Waals surface area contributed by atoms with Gasteiger partial charge in [-0.05, 0) is 63.0 Å². The molecule has 0 aliphatic rings. The Kier molecular flexibility index (Phi) is 5.20. The van der Waals surface area contributed by atoms with Gasteiger partial charge in [-0.25, -0.2) is 9.97 Å². The third-order valence-electron chi connectivity index (χ3n) is 8.55. The fourth-order valence-corrected chi connectivity index (χ4v) is 6.49. The average Bonchev–Trinajstić information content (AvgIpc) is 3.40. The van der Waals surface area contributed by atoms with Crippen molar-refractivity contribution in [3.8, 4) is 28.2 Å². The molecule has 0 fully saturated rings. The van der Waals surface area contributed by atoms with Crippen molar-refractivity contribution in [1.82, 2.24) is 14.5 Å². The summed E-state index contributed by atoms with van der Waals surface area (Å²) in [7, 11) is 0. The Bertz CT molecular complexity index is 2490. The highest BCUT2D eigenvalue weighted by molar-refractivity contribution is 6.23. The monoisotopic (exact) mass is 547 g/mol. The number of para-hydroxylation sites is 2. The van der Waals surface area contributed by atoms with Crippen LogP contribution < -0.4 is 0 Å². The Hall–Kier alpha value is -5.80. The van der Waals surface area contributed by atoms with Crippen molar-refractivity contribution in [1.29, 1.82) is 0 Å². The molecule has 9 aromatic rings. The largest absolute Gasteiger partial charge is 0.292 e. The normalized spacial score (nSPS) is 11.7. The Balaban J connectivity index is 1.40. The van der Waals surface area contributed by atoms with Crippen LogP contribution in [0, 0.1) is 0 Å². The summed E-state index contributed by atoms with van der Waals surface area (Å²) in [5, 5.41) is 7.34. The highest BCUT2D eigenvalue weighted by atomic mass is 15.1. The average molecular weight is 548 g/mol. The van der Waals surface area contributed by atoms with Crippen LogP contribution in [0.3, 0.4) is 0 Å². The molecule has 9 rings (SSSR count). The molecule has 7 aromatic carbocycles. The number of fused-ring (bicyclic) bond motifs is 7. The maximum atomic E-state index is 5.34. The summed E-state index contributed by atoms with van der Waals surface area (Å²) in [6.07, 6.45) is 0. The molecule has 0 radical (unpaired) electrons. The van der Waals surface area contributed by atoms with Gasteiger partial charge in [-0.3, -0.25) is 4.57 Å². The minimum Gasteiger partial charge on any atom is -0.292 e. The lowest BCUT2D eigenvalue weighted by Crippen LogP contribution is -2.03. The van der Waals surface area contributed by atoms with Gasteiger partial charge >= 0.3 is 0 Å². The summed E-state index contributed by atoms with van der Waals surface area (Å²) in [5.74, 6) is 0.830. The summed E-state index contributed by atoms with van der Waals surface area (Å²) in [6, 6.07) is 53.7. The first-order chi connectivity index (χ1) is 21.3. The zero-order valence-electron chi connectivity index (χ0n) is 23.3. The minimum atomic E-state index is 0.830. The Morgan fingerprint density at radius 2 is 1.00 bits per heavy atom. The molecule has 0 atom stereocenters. The van der Waals surface area contributed by atoms with E-state index in [2.05, 4.69) is 126 Å². The molecule has 0 spiro atoms. The fraction of sp³-hybridized carbons (Fsp3) is 0. The minimum absolute atomic E-state index is 0.830. The molecule has 0 bridgehead atoms. The van der Waals surface area contributed by atoms with Gasteiger partial charge in [0, 0.05) is 16.3 Å². The van der Waals surface area contributed by atoms with Crippen LogP contribution in [0.2, 0.25) is 0 Å². The van der Waals surface area contributed by atoms with Crippen molar-refractivity contribution in [2.45, 2.75) is 0 Å². The van der Waals surface area contributed by atoms with Gasteiger partial charge in [-0.15, -0.1) is 0 Å². The fourth-order valence-electron chi connectivity index (χ4n) is 6.49. The molecule has 43 heavy (non-hydrogen) atoms. The van der Waals surface area contributed by atoms with Crippen LogP contribution >= 0.6 is 0 Å². The van der Waals surface area contributed by atoms with Crippen LogP contribution in [-0.2, 0) is 0 Å². The van der Waals surface area contributed by atoms with E-state index in [1.54, 1.807) is 0 Å². The molecule has 2 heterocycles. The Morgan fingerprint density at radius 3 is 1.79 bits per heavy atom. The van der Waals surface area contributed by atoms with Crippen LogP contribution in [0.4, 0.5) is 0 Å². The lowest BCUT2D eigenvalue weighted by molar-refractivity contribution is 1.08. The number of nitrogens with zero attached hydrogens (tertiary/aromatic N) is 3. The quantitative estimate of drug-likeness (QED) is 0.220. The van der Waals surface area contributed by atoms with E-state index >= 15 is 0 Å². The molecule has 0 aliphatic heterocycles. The van der Waals surface area contributed by atoms with Gasteiger partial charge in [0.2, 0.25) is 0 Å². The smallest absolute Gasteiger partial charge is 0.165 e. The first-order valence-corrected chi connectivity index (χ1v) is 14.6. The van der Waals surface area contributed by atoms with Gasteiger partial charge in [0.15, 0.2) is 5.82 Å². The molecule has 0 N–H and O–H groups in total.